The lowest BCUT2D eigenvalue weighted by Gasteiger charge is -2.32. The summed E-state index contributed by atoms with van der Waals surface area (Å²) in [6, 6.07) is 13.9. The summed E-state index contributed by atoms with van der Waals surface area (Å²) in [7, 11) is 0. The van der Waals surface area contributed by atoms with E-state index in [4.69, 9.17) is 11.6 Å². The molecule has 1 aliphatic heterocycles. The van der Waals surface area contributed by atoms with Gasteiger partial charge in [-0.2, -0.15) is 0 Å². The first-order valence-corrected chi connectivity index (χ1v) is 9.23. The van der Waals surface area contributed by atoms with Gasteiger partial charge in [-0.05, 0) is 49.6 Å². The minimum Gasteiger partial charge on any atom is -0.352 e. The number of carbonyl (C=O) groups is 1. The van der Waals surface area contributed by atoms with Gasteiger partial charge in [-0.1, -0.05) is 35.9 Å². The number of aryl methyl sites for hydroxylation is 1. The number of benzene rings is 1. The normalized spacial score (nSPS) is 18.0. The molecule has 1 amide bonds. The van der Waals surface area contributed by atoms with Crippen molar-refractivity contribution in [2.45, 2.75) is 38.3 Å². The maximum atomic E-state index is 12.3. The molecule has 1 fully saturated rings. The Morgan fingerprint density at radius 3 is 2.88 bits per heavy atom. The highest BCUT2D eigenvalue weighted by Crippen LogP contribution is 2.17. The summed E-state index contributed by atoms with van der Waals surface area (Å²) in [5.41, 5.74) is 2.10. The Morgan fingerprint density at radius 1 is 1.24 bits per heavy atom. The highest BCUT2D eigenvalue weighted by Gasteiger charge is 2.21. The van der Waals surface area contributed by atoms with Crippen LogP contribution in [0.4, 0.5) is 0 Å². The number of nitrogens with one attached hydrogen (secondary N) is 1. The molecular weight excluding hydrogens is 334 g/mol. The quantitative estimate of drug-likeness (QED) is 0.861. The lowest BCUT2D eigenvalue weighted by atomic mass is 10.0. The van der Waals surface area contributed by atoms with E-state index in [0.717, 1.165) is 48.8 Å². The molecule has 132 valence electrons. The van der Waals surface area contributed by atoms with Crippen LogP contribution in [0.5, 0.6) is 0 Å². The van der Waals surface area contributed by atoms with Crippen LogP contribution in [0, 0.1) is 0 Å². The maximum Gasteiger partial charge on any atom is 0.220 e. The Morgan fingerprint density at radius 2 is 2.08 bits per heavy atom. The zero-order chi connectivity index (χ0) is 17.5. The van der Waals surface area contributed by atoms with Gasteiger partial charge in [-0.25, -0.2) is 0 Å². The number of piperidine rings is 1. The van der Waals surface area contributed by atoms with E-state index >= 15 is 0 Å². The second-order valence-electron chi connectivity index (χ2n) is 6.55. The smallest absolute Gasteiger partial charge is 0.220 e. The van der Waals surface area contributed by atoms with Gasteiger partial charge < -0.3 is 5.32 Å². The molecule has 0 spiro atoms. The summed E-state index contributed by atoms with van der Waals surface area (Å²) in [4.78, 5) is 19.0. The van der Waals surface area contributed by atoms with Gasteiger partial charge in [0.05, 0.1) is 5.69 Å². The topological polar surface area (TPSA) is 45.2 Å². The van der Waals surface area contributed by atoms with Crippen molar-refractivity contribution in [2.75, 3.05) is 13.1 Å². The third-order valence-electron chi connectivity index (χ3n) is 4.56. The molecule has 0 saturated carbocycles. The molecule has 1 aromatic carbocycles. The fraction of sp³-hybridized carbons (Fsp3) is 0.400. The lowest BCUT2D eigenvalue weighted by molar-refractivity contribution is -0.122. The van der Waals surface area contributed by atoms with Crippen LogP contribution in [0.25, 0.3) is 0 Å². The summed E-state index contributed by atoms with van der Waals surface area (Å²) in [6.45, 7) is 2.78. The average molecular weight is 358 g/mol. The highest BCUT2D eigenvalue weighted by atomic mass is 35.5. The molecule has 1 N–H and O–H groups in total. The highest BCUT2D eigenvalue weighted by molar-refractivity contribution is 6.31. The molecule has 3 rings (SSSR count). The SMILES string of the molecule is O=C(CCc1ccccc1Cl)N[C@@H]1CCCN(Cc2ccccn2)C1. The van der Waals surface area contributed by atoms with Gasteiger partial charge in [-0.15, -0.1) is 0 Å². The number of rotatable bonds is 6. The average Bonchev–Trinajstić information content (AvgIpc) is 2.62. The Balaban J connectivity index is 1.45. The summed E-state index contributed by atoms with van der Waals surface area (Å²) in [5, 5.41) is 3.91. The summed E-state index contributed by atoms with van der Waals surface area (Å²) in [5.74, 6) is 0.101. The van der Waals surface area contributed by atoms with E-state index in [9.17, 15) is 4.79 Å². The zero-order valence-corrected chi connectivity index (χ0v) is 15.1. The zero-order valence-electron chi connectivity index (χ0n) is 14.3. The van der Waals surface area contributed by atoms with Crippen LogP contribution in [-0.2, 0) is 17.8 Å². The van der Waals surface area contributed by atoms with Gasteiger partial charge in [0.1, 0.15) is 0 Å². The third-order valence-corrected chi connectivity index (χ3v) is 4.93. The van der Waals surface area contributed by atoms with E-state index in [-0.39, 0.29) is 11.9 Å². The molecule has 1 aliphatic rings. The summed E-state index contributed by atoms with van der Waals surface area (Å²) < 4.78 is 0. The molecule has 25 heavy (non-hydrogen) atoms. The molecule has 4 nitrogen and oxygen atoms in total. The van der Waals surface area contributed by atoms with E-state index in [1.54, 1.807) is 0 Å². The predicted octanol–water partition coefficient (Wildman–Crippen LogP) is 3.45. The first kappa shape index (κ1) is 17.9. The molecule has 0 radical (unpaired) electrons. The number of hydrogen-bond donors (Lipinski definition) is 1. The van der Waals surface area contributed by atoms with Crippen molar-refractivity contribution >= 4 is 17.5 Å². The van der Waals surface area contributed by atoms with Crippen LogP contribution < -0.4 is 5.32 Å². The largest absolute Gasteiger partial charge is 0.352 e. The standard InChI is InChI=1S/C20H24ClN3O/c21-19-9-2-1-6-16(19)10-11-20(25)23-18-8-5-13-24(15-18)14-17-7-3-4-12-22-17/h1-4,6-7,9,12,18H,5,8,10-11,13-15H2,(H,23,25)/t18-/m1/s1. The van der Waals surface area contributed by atoms with Crippen LogP contribution in [0.3, 0.4) is 0 Å². The first-order chi connectivity index (χ1) is 12.2. The molecular formula is C20H24ClN3O. The fourth-order valence-electron chi connectivity index (χ4n) is 3.29. The van der Waals surface area contributed by atoms with Crippen molar-refractivity contribution in [1.29, 1.82) is 0 Å². The molecule has 0 aliphatic carbocycles. The van der Waals surface area contributed by atoms with Crippen LogP contribution in [0.15, 0.2) is 48.7 Å². The predicted molar refractivity (Wildman–Crippen MR) is 100 cm³/mol. The Bertz CT molecular complexity index is 692. The van der Waals surface area contributed by atoms with Gasteiger partial charge in [-0.3, -0.25) is 14.7 Å². The number of halogens is 1. The van der Waals surface area contributed by atoms with Crippen molar-refractivity contribution in [3.05, 3.63) is 64.9 Å². The number of nitrogens with zero attached hydrogens (tertiary/aromatic N) is 2. The molecule has 2 aromatic rings. The molecule has 1 saturated heterocycles. The minimum atomic E-state index is 0.101. The van der Waals surface area contributed by atoms with E-state index in [1.807, 2.05) is 48.7 Å². The summed E-state index contributed by atoms with van der Waals surface area (Å²) in [6.07, 6.45) is 5.11. The van der Waals surface area contributed by atoms with E-state index < -0.39 is 0 Å². The van der Waals surface area contributed by atoms with Crippen LogP contribution in [-0.4, -0.2) is 34.9 Å². The molecule has 0 bridgehead atoms. The molecule has 1 atom stereocenters. The van der Waals surface area contributed by atoms with Gasteiger partial charge in [0.15, 0.2) is 0 Å². The van der Waals surface area contributed by atoms with Crippen LogP contribution >= 0.6 is 11.6 Å². The maximum absolute atomic E-state index is 12.3. The third kappa shape index (κ3) is 5.55. The Hall–Kier alpha value is -1.91. The van der Waals surface area contributed by atoms with Crippen molar-refractivity contribution < 1.29 is 4.79 Å². The number of pyridine rings is 1. The minimum absolute atomic E-state index is 0.101. The van der Waals surface area contributed by atoms with Crippen LogP contribution in [0.2, 0.25) is 5.02 Å². The van der Waals surface area contributed by atoms with Crippen LogP contribution in [0.1, 0.15) is 30.5 Å². The number of amides is 1. The first-order valence-electron chi connectivity index (χ1n) is 8.86. The number of likely N-dealkylation sites (tertiary alicyclic amines) is 1. The van der Waals surface area contributed by atoms with Gasteiger partial charge in [0.25, 0.3) is 0 Å². The number of carbonyl (C=O) groups excluding carboxylic acids is 1. The van der Waals surface area contributed by atoms with Crippen molar-refractivity contribution in [3.8, 4) is 0 Å². The van der Waals surface area contributed by atoms with E-state index in [2.05, 4.69) is 15.2 Å². The second-order valence-corrected chi connectivity index (χ2v) is 6.96. The van der Waals surface area contributed by atoms with Crippen molar-refractivity contribution in [2.24, 2.45) is 0 Å². The molecule has 5 heteroatoms. The fourth-order valence-corrected chi connectivity index (χ4v) is 3.52. The second kappa shape index (κ2) is 8.97. The van der Waals surface area contributed by atoms with Gasteiger partial charge in [0, 0.05) is 36.8 Å². The molecule has 2 heterocycles. The monoisotopic (exact) mass is 357 g/mol. The number of hydrogen-bond acceptors (Lipinski definition) is 3. The van der Waals surface area contributed by atoms with Crippen molar-refractivity contribution in [3.63, 3.8) is 0 Å². The molecule has 1 aromatic heterocycles. The van der Waals surface area contributed by atoms with Crippen molar-refractivity contribution in [1.82, 2.24) is 15.2 Å². The molecule has 0 unspecified atom stereocenters. The van der Waals surface area contributed by atoms with E-state index in [0.29, 0.717) is 12.8 Å². The van der Waals surface area contributed by atoms with Gasteiger partial charge in [0.2, 0.25) is 5.91 Å². The Labute approximate surface area is 154 Å². The Kier molecular flexibility index (Phi) is 6.42. The van der Waals surface area contributed by atoms with Gasteiger partial charge >= 0.3 is 0 Å². The van der Waals surface area contributed by atoms with E-state index in [1.165, 1.54) is 0 Å². The summed E-state index contributed by atoms with van der Waals surface area (Å²) >= 11 is 6.15. The lowest BCUT2D eigenvalue weighted by Crippen LogP contribution is -2.47. The number of aromatic nitrogens is 1.